The van der Waals surface area contributed by atoms with Crippen molar-refractivity contribution < 1.29 is 4.74 Å². The molecule has 0 fully saturated rings. The van der Waals surface area contributed by atoms with E-state index >= 15 is 0 Å². The quantitative estimate of drug-likeness (QED) is 0.527. The second kappa shape index (κ2) is 5.97. The van der Waals surface area contributed by atoms with E-state index in [1.165, 1.54) is 0 Å². The van der Waals surface area contributed by atoms with Crippen molar-refractivity contribution in [1.29, 1.82) is 0 Å². The molecule has 1 aromatic carbocycles. The van der Waals surface area contributed by atoms with Gasteiger partial charge in [0.25, 0.3) is 0 Å². The number of nitrogens with zero attached hydrogens (tertiary/aromatic N) is 1. The van der Waals surface area contributed by atoms with Crippen molar-refractivity contribution in [3.8, 4) is 5.75 Å². The van der Waals surface area contributed by atoms with E-state index in [-0.39, 0.29) is 0 Å². The lowest BCUT2D eigenvalue weighted by Crippen LogP contribution is -2.05. The largest absolute Gasteiger partial charge is 0.443 e. The Bertz CT molecular complexity index is 314. The van der Waals surface area contributed by atoms with Crippen LogP contribution in [-0.4, -0.2) is 5.90 Å². The van der Waals surface area contributed by atoms with Gasteiger partial charge in [0.05, 0.1) is 0 Å². The van der Waals surface area contributed by atoms with E-state index < -0.39 is 0 Å². The topological polar surface area (TPSA) is 21.6 Å². The Balaban J connectivity index is 2.66. The van der Waals surface area contributed by atoms with Gasteiger partial charge in [0.1, 0.15) is 5.75 Å². The van der Waals surface area contributed by atoms with Gasteiger partial charge in [0, 0.05) is 12.6 Å². The molecule has 0 aliphatic rings. The average molecular weight is 189 g/mol. The fourth-order valence-electron chi connectivity index (χ4n) is 0.972. The van der Waals surface area contributed by atoms with Crippen LogP contribution in [0.3, 0.4) is 0 Å². The number of hydrogen-bond donors (Lipinski definition) is 0. The van der Waals surface area contributed by atoms with Gasteiger partial charge >= 0.3 is 0 Å². The molecule has 0 unspecified atom stereocenters. The summed E-state index contributed by atoms with van der Waals surface area (Å²) in [6.07, 6.45) is 4.41. The second-order valence-electron chi connectivity index (χ2n) is 2.77. The minimum Gasteiger partial charge on any atom is -0.443 e. The molecule has 0 atom stereocenters. The summed E-state index contributed by atoms with van der Waals surface area (Å²) in [5.74, 6) is 1.56. The van der Waals surface area contributed by atoms with Gasteiger partial charge in [0.15, 0.2) is 5.90 Å². The summed E-state index contributed by atoms with van der Waals surface area (Å²) in [6.45, 7) is 3.95. The highest BCUT2D eigenvalue weighted by atomic mass is 16.5. The normalized spacial score (nSPS) is 12.0. The molecule has 0 radical (unpaired) electrons. The zero-order valence-electron chi connectivity index (χ0n) is 8.60. The third-order valence-corrected chi connectivity index (χ3v) is 1.65. The Morgan fingerprint density at radius 2 is 2.07 bits per heavy atom. The number of aliphatic imine (C=N–C) groups is 1. The molecule has 1 aromatic rings. The van der Waals surface area contributed by atoms with Gasteiger partial charge in [-0.25, -0.2) is 4.99 Å². The van der Waals surface area contributed by atoms with Crippen molar-refractivity contribution in [1.82, 2.24) is 0 Å². The van der Waals surface area contributed by atoms with Crippen LogP contribution in [0.5, 0.6) is 5.75 Å². The maximum absolute atomic E-state index is 5.56. The van der Waals surface area contributed by atoms with E-state index in [0.717, 1.165) is 18.1 Å². The molecule has 2 nitrogen and oxygen atoms in total. The van der Waals surface area contributed by atoms with Crippen molar-refractivity contribution in [3.05, 3.63) is 42.6 Å². The lowest BCUT2D eigenvalue weighted by atomic mass is 10.3. The van der Waals surface area contributed by atoms with Crippen LogP contribution < -0.4 is 4.74 Å². The van der Waals surface area contributed by atoms with Gasteiger partial charge in [-0.05, 0) is 19.1 Å². The molecule has 2 heteroatoms. The maximum Gasteiger partial charge on any atom is 0.194 e. The SMILES string of the molecule is C/C=C\N=C(CC)Oc1ccccc1. The number of rotatable bonds is 3. The van der Waals surface area contributed by atoms with E-state index in [9.17, 15) is 0 Å². The molecule has 0 aliphatic carbocycles. The molecule has 1 rings (SSSR count). The lowest BCUT2D eigenvalue weighted by Gasteiger charge is -2.05. The number of hydrogen-bond acceptors (Lipinski definition) is 2. The number of benzene rings is 1. The number of allylic oxidation sites excluding steroid dienone is 1. The van der Waals surface area contributed by atoms with Crippen LogP contribution in [0.25, 0.3) is 0 Å². The number of para-hydroxylation sites is 1. The lowest BCUT2D eigenvalue weighted by molar-refractivity contribution is 0.536. The molecule has 0 saturated heterocycles. The van der Waals surface area contributed by atoms with Crippen molar-refractivity contribution in [3.63, 3.8) is 0 Å². The molecule has 0 bridgehead atoms. The van der Waals surface area contributed by atoms with E-state index in [0.29, 0.717) is 0 Å². The molecule has 0 heterocycles. The Morgan fingerprint density at radius 1 is 1.36 bits per heavy atom. The first-order valence-corrected chi connectivity index (χ1v) is 4.77. The second-order valence-corrected chi connectivity index (χ2v) is 2.77. The summed E-state index contributed by atoms with van der Waals surface area (Å²) in [7, 11) is 0. The third-order valence-electron chi connectivity index (χ3n) is 1.65. The molecule has 0 spiro atoms. The molecule has 74 valence electrons. The van der Waals surface area contributed by atoms with E-state index in [2.05, 4.69) is 4.99 Å². The van der Waals surface area contributed by atoms with E-state index in [1.807, 2.05) is 50.3 Å². The first kappa shape index (κ1) is 10.5. The van der Waals surface area contributed by atoms with Crippen LogP contribution in [0.2, 0.25) is 0 Å². The Labute approximate surface area is 84.9 Å². The third kappa shape index (κ3) is 3.44. The highest BCUT2D eigenvalue weighted by molar-refractivity contribution is 5.78. The smallest absolute Gasteiger partial charge is 0.194 e. The first-order chi connectivity index (χ1) is 6.86. The van der Waals surface area contributed by atoms with Gasteiger partial charge in [0.2, 0.25) is 0 Å². The van der Waals surface area contributed by atoms with Crippen LogP contribution in [0.4, 0.5) is 0 Å². The van der Waals surface area contributed by atoms with Crippen molar-refractivity contribution in [2.45, 2.75) is 20.3 Å². The van der Waals surface area contributed by atoms with Gasteiger partial charge in [-0.2, -0.15) is 0 Å². The summed E-state index contributed by atoms with van der Waals surface area (Å²) < 4.78 is 5.56. The van der Waals surface area contributed by atoms with Crippen LogP contribution in [0.15, 0.2) is 47.6 Å². The number of ether oxygens (including phenoxy) is 1. The highest BCUT2D eigenvalue weighted by Gasteiger charge is 1.97. The maximum atomic E-state index is 5.56. The van der Waals surface area contributed by atoms with Gasteiger partial charge in [-0.15, -0.1) is 0 Å². The van der Waals surface area contributed by atoms with E-state index in [1.54, 1.807) is 6.20 Å². The van der Waals surface area contributed by atoms with Crippen molar-refractivity contribution in [2.24, 2.45) is 4.99 Å². The molecule has 0 aromatic heterocycles. The molecule has 0 amide bonds. The summed E-state index contributed by atoms with van der Waals surface area (Å²) in [4.78, 5) is 4.17. The van der Waals surface area contributed by atoms with Crippen molar-refractivity contribution >= 4 is 5.90 Å². The average Bonchev–Trinajstić information content (AvgIpc) is 2.25. The molecule has 0 saturated carbocycles. The zero-order valence-corrected chi connectivity index (χ0v) is 8.60. The van der Waals surface area contributed by atoms with Crippen LogP contribution in [0.1, 0.15) is 20.3 Å². The fraction of sp³-hybridized carbons (Fsp3) is 0.250. The minimum absolute atomic E-state index is 0.731. The molecular formula is C12H15NO. The van der Waals surface area contributed by atoms with Gasteiger partial charge < -0.3 is 4.74 Å². The highest BCUT2D eigenvalue weighted by Crippen LogP contribution is 2.09. The summed E-state index contributed by atoms with van der Waals surface area (Å²) in [5.41, 5.74) is 0. The summed E-state index contributed by atoms with van der Waals surface area (Å²) in [5, 5.41) is 0. The van der Waals surface area contributed by atoms with E-state index in [4.69, 9.17) is 4.74 Å². The van der Waals surface area contributed by atoms with Crippen LogP contribution in [-0.2, 0) is 0 Å². The van der Waals surface area contributed by atoms with Crippen molar-refractivity contribution in [2.75, 3.05) is 0 Å². The predicted octanol–water partition coefficient (Wildman–Crippen LogP) is 3.41. The molecule has 14 heavy (non-hydrogen) atoms. The van der Waals surface area contributed by atoms with Crippen LogP contribution >= 0.6 is 0 Å². The van der Waals surface area contributed by atoms with Crippen LogP contribution in [0, 0.1) is 0 Å². The van der Waals surface area contributed by atoms with Gasteiger partial charge in [-0.3, -0.25) is 0 Å². The minimum atomic E-state index is 0.731. The predicted molar refractivity (Wildman–Crippen MR) is 59.6 cm³/mol. The zero-order chi connectivity index (χ0) is 10.2. The monoisotopic (exact) mass is 189 g/mol. The molecule has 0 aliphatic heterocycles. The summed E-state index contributed by atoms with van der Waals surface area (Å²) in [6, 6.07) is 9.68. The van der Waals surface area contributed by atoms with Gasteiger partial charge in [-0.1, -0.05) is 31.2 Å². The Kier molecular flexibility index (Phi) is 4.48. The Morgan fingerprint density at radius 3 is 2.64 bits per heavy atom. The summed E-state index contributed by atoms with van der Waals surface area (Å²) >= 11 is 0. The fourth-order valence-corrected chi connectivity index (χ4v) is 0.972. The Hall–Kier alpha value is -1.57. The molecule has 0 N–H and O–H groups in total. The first-order valence-electron chi connectivity index (χ1n) is 4.77. The standard InChI is InChI=1S/C12H15NO/c1-3-10-13-12(4-2)14-11-8-6-5-7-9-11/h3,5-10H,4H2,1-2H3/b10-3-,13-12?. The molecular weight excluding hydrogens is 174 g/mol.